The van der Waals surface area contributed by atoms with Crippen molar-refractivity contribution in [2.24, 2.45) is 0 Å². The van der Waals surface area contributed by atoms with Crippen molar-refractivity contribution in [3.8, 4) is 0 Å². The van der Waals surface area contributed by atoms with Crippen LogP contribution in [0.2, 0.25) is 0 Å². The van der Waals surface area contributed by atoms with Gasteiger partial charge in [-0.25, -0.2) is 8.78 Å². The second-order valence-corrected chi connectivity index (χ2v) is 3.41. The molecule has 0 radical (unpaired) electrons. The summed E-state index contributed by atoms with van der Waals surface area (Å²) in [6, 6.07) is 0.936. The van der Waals surface area contributed by atoms with Gasteiger partial charge in [-0.15, -0.1) is 0 Å². The van der Waals surface area contributed by atoms with Crippen LogP contribution in [0.25, 0.3) is 0 Å². The van der Waals surface area contributed by atoms with Gasteiger partial charge < -0.3 is 9.73 Å². The molecule has 0 aliphatic heterocycles. The first kappa shape index (κ1) is 13.0. The Kier molecular flexibility index (Phi) is 3.96. The number of nitrogens with one attached hydrogen (secondary N) is 1. The lowest BCUT2D eigenvalue weighted by atomic mass is 10.1. The van der Waals surface area contributed by atoms with Crippen molar-refractivity contribution in [3.63, 3.8) is 0 Å². The molecule has 1 aromatic rings. The Labute approximate surface area is 90.6 Å². The highest BCUT2D eigenvalue weighted by Gasteiger charge is 2.50. The maximum absolute atomic E-state index is 13.2. The molecule has 6 heteroatoms. The van der Waals surface area contributed by atoms with E-state index in [2.05, 4.69) is 5.32 Å². The van der Waals surface area contributed by atoms with Gasteiger partial charge in [0.2, 0.25) is 0 Å². The third-order valence-corrected chi connectivity index (χ3v) is 2.13. The standard InChI is InChI=1S/C10H13F4NO/c1-3-15-8(10(13,14)9(11)12)7-5-4-6(2)16-7/h4-5,8-9,15H,3H2,1-2H3. The van der Waals surface area contributed by atoms with Gasteiger partial charge in [0, 0.05) is 0 Å². The molecule has 16 heavy (non-hydrogen) atoms. The number of rotatable bonds is 5. The summed E-state index contributed by atoms with van der Waals surface area (Å²) >= 11 is 0. The van der Waals surface area contributed by atoms with Gasteiger partial charge in [-0.1, -0.05) is 6.92 Å². The number of hydrogen-bond acceptors (Lipinski definition) is 2. The van der Waals surface area contributed by atoms with E-state index in [0.29, 0.717) is 5.76 Å². The Morgan fingerprint density at radius 3 is 2.38 bits per heavy atom. The maximum atomic E-state index is 13.2. The molecule has 0 bridgehead atoms. The normalized spacial score (nSPS) is 14.4. The summed E-state index contributed by atoms with van der Waals surface area (Å²) in [4.78, 5) is 0. The fraction of sp³-hybridized carbons (Fsp3) is 0.600. The van der Waals surface area contributed by atoms with Gasteiger partial charge in [-0.2, -0.15) is 8.78 Å². The first-order valence-corrected chi connectivity index (χ1v) is 4.85. The summed E-state index contributed by atoms with van der Waals surface area (Å²) in [5.41, 5.74) is 0. The van der Waals surface area contributed by atoms with E-state index < -0.39 is 18.4 Å². The zero-order valence-electron chi connectivity index (χ0n) is 8.94. The fourth-order valence-electron chi connectivity index (χ4n) is 1.37. The Morgan fingerprint density at radius 2 is 2.00 bits per heavy atom. The fourth-order valence-corrected chi connectivity index (χ4v) is 1.37. The van der Waals surface area contributed by atoms with Crippen LogP contribution in [0, 0.1) is 6.92 Å². The summed E-state index contributed by atoms with van der Waals surface area (Å²) in [7, 11) is 0. The van der Waals surface area contributed by atoms with Gasteiger partial charge in [0.25, 0.3) is 0 Å². The zero-order chi connectivity index (χ0) is 12.3. The minimum atomic E-state index is -4.15. The van der Waals surface area contributed by atoms with Crippen LogP contribution in [0.5, 0.6) is 0 Å². The van der Waals surface area contributed by atoms with Crippen LogP contribution in [-0.4, -0.2) is 18.9 Å². The number of furan rings is 1. The predicted octanol–water partition coefficient (Wildman–Crippen LogP) is 3.14. The zero-order valence-corrected chi connectivity index (χ0v) is 8.94. The molecule has 1 N–H and O–H groups in total. The van der Waals surface area contributed by atoms with Gasteiger partial charge in [-0.05, 0) is 25.6 Å². The number of halogens is 4. The summed E-state index contributed by atoms with van der Waals surface area (Å²) in [5, 5.41) is 2.31. The monoisotopic (exact) mass is 239 g/mol. The van der Waals surface area contributed by atoms with Gasteiger partial charge in [0.1, 0.15) is 17.6 Å². The largest absolute Gasteiger partial charge is 0.464 e. The average molecular weight is 239 g/mol. The molecule has 0 fully saturated rings. The molecule has 1 atom stereocenters. The van der Waals surface area contributed by atoms with Crippen LogP contribution in [0.4, 0.5) is 17.6 Å². The molecular weight excluding hydrogens is 226 g/mol. The van der Waals surface area contributed by atoms with Gasteiger partial charge in [0.05, 0.1) is 0 Å². The molecule has 0 aliphatic rings. The topological polar surface area (TPSA) is 25.2 Å². The van der Waals surface area contributed by atoms with Gasteiger partial charge in [-0.3, -0.25) is 0 Å². The number of hydrogen-bond donors (Lipinski definition) is 1. The van der Waals surface area contributed by atoms with Gasteiger partial charge >= 0.3 is 12.3 Å². The third-order valence-electron chi connectivity index (χ3n) is 2.13. The second-order valence-electron chi connectivity index (χ2n) is 3.41. The average Bonchev–Trinajstić information content (AvgIpc) is 2.60. The summed E-state index contributed by atoms with van der Waals surface area (Å²) in [6.45, 7) is 3.27. The number of aryl methyl sites for hydroxylation is 1. The molecule has 0 amide bonds. The first-order chi connectivity index (χ1) is 7.39. The molecule has 0 spiro atoms. The first-order valence-electron chi connectivity index (χ1n) is 4.85. The summed E-state index contributed by atoms with van der Waals surface area (Å²) < 4.78 is 55.9. The lowest BCUT2D eigenvalue weighted by Gasteiger charge is -2.25. The van der Waals surface area contributed by atoms with Crippen LogP contribution in [-0.2, 0) is 0 Å². The lowest BCUT2D eigenvalue weighted by molar-refractivity contribution is -0.154. The van der Waals surface area contributed by atoms with Crippen molar-refractivity contribution >= 4 is 0 Å². The SMILES string of the molecule is CCNC(c1ccc(C)o1)C(F)(F)C(F)F. The molecule has 1 unspecified atom stereocenters. The Morgan fingerprint density at radius 1 is 1.38 bits per heavy atom. The molecule has 2 nitrogen and oxygen atoms in total. The van der Waals surface area contributed by atoms with E-state index in [4.69, 9.17) is 4.42 Å². The van der Waals surface area contributed by atoms with Crippen molar-refractivity contribution in [1.29, 1.82) is 0 Å². The van der Waals surface area contributed by atoms with Crippen LogP contribution >= 0.6 is 0 Å². The quantitative estimate of drug-likeness (QED) is 0.798. The highest BCUT2D eigenvalue weighted by Crippen LogP contribution is 2.37. The van der Waals surface area contributed by atoms with E-state index in [-0.39, 0.29) is 12.3 Å². The van der Waals surface area contributed by atoms with Crippen LogP contribution < -0.4 is 5.32 Å². The molecule has 0 saturated carbocycles. The smallest absolute Gasteiger partial charge is 0.329 e. The third kappa shape index (κ3) is 2.55. The van der Waals surface area contributed by atoms with E-state index in [1.54, 1.807) is 13.8 Å². The minimum Gasteiger partial charge on any atom is -0.464 e. The summed E-state index contributed by atoms with van der Waals surface area (Å²) in [5.74, 6) is -3.92. The van der Waals surface area contributed by atoms with Crippen LogP contribution in [0.3, 0.4) is 0 Å². The van der Waals surface area contributed by atoms with Crippen molar-refractivity contribution in [2.75, 3.05) is 6.54 Å². The molecule has 0 aromatic carbocycles. The van der Waals surface area contributed by atoms with Crippen LogP contribution in [0.1, 0.15) is 24.5 Å². The van der Waals surface area contributed by atoms with Crippen molar-refractivity contribution in [1.82, 2.24) is 5.32 Å². The van der Waals surface area contributed by atoms with E-state index in [9.17, 15) is 17.6 Å². The van der Waals surface area contributed by atoms with E-state index in [1.807, 2.05) is 0 Å². The molecule has 92 valence electrons. The highest BCUT2D eigenvalue weighted by atomic mass is 19.3. The Hall–Kier alpha value is -1.04. The highest BCUT2D eigenvalue weighted by molar-refractivity contribution is 5.13. The maximum Gasteiger partial charge on any atom is 0.329 e. The molecule has 1 rings (SSSR count). The van der Waals surface area contributed by atoms with E-state index >= 15 is 0 Å². The second kappa shape index (κ2) is 4.86. The van der Waals surface area contributed by atoms with E-state index in [1.165, 1.54) is 12.1 Å². The van der Waals surface area contributed by atoms with Crippen molar-refractivity contribution in [3.05, 3.63) is 23.7 Å². The molecule has 1 aromatic heterocycles. The van der Waals surface area contributed by atoms with E-state index in [0.717, 1.165) is 0 Å². The van der Waals surface area contributed by atoms with Crippen molar-refractivity contribution < 1.29 is 22.0 Å². The Bertz CT molecular complexity index is 337. The van der Waals surface area contributed by atoms with Crippen LogP contribution in [0.15, 0.2) is 16.5 Å². The Balaban J connectivity index is 2.99. The summed E-state index contributed by atoms with van der Waals surface area (Å²) in [6.07, 6.45) is -3.73. The molecule has 1 heterocycles. The predicted molar refractivity (Wildman–Crippen MR) is 50.8 cm³/mol. The lowest BCUT2D eigenvalue weighted by Crippen LogP contribution is -2.42. The molecule has 0 aliphatic carbocycles. The molecule has 0 saturated heterocycles. The van der Waals surface area contributed by atoms with Gasteiger partial charge in [0.15, 0.2) is 0 Å². The number of alkyl halides is 4. The minimum absolute atomic E-state index is 0.146. The van der Waals surface area contributed by atoms with Crippen molar-refractivity contribution in [2.45, 2.75) is 32.2 Å². The molecular formula is C10H13F4NO.